The fourth-order valence-electron chi connectivity index (χ4n) is 6.72. The van der Waals surface area contributed by atoms with E-state index in [2.05, 4.69) is 105 Å². The van der Waals surface area contributed by atoms with Crippen LogP contribution in [0, 0.1) is 6.92 Å². The van der Waals surface area contributed by atoms with E-state index in [4.69, 9.17) is 9.98 Å². The highest BCUT2D eigenvalue weighted by molar-refractivity contribution is 6.06. The first-order valence-electron chi connectivity index (χ1n) is 15.8. The molecule has 0 saturated carbocycles. The highest BCUT2D eigenvalue weighted by Crippen LogP contribution is 2.34. The zero-order valence-corrected chi connectivity index (χ0v) is 26.2. The van der Waals surface area contributed by atoms with Crippen molar-refractivity contribution in [2.75, 3.05) is 20.1 Å². The number of nitrogens with zero attached hydrogens (tertiary/aromatic N) is 4. The summed E-state index contributed by atoms with van der Waals surface area (Å²) in [6.07, 6.45) is 4.67. The molecule has 1 saturated heterocycles. The molecular weight excluding hydrogens is 530 g/mol. The van der Waals surface area contributed by atoms with Gasteiger partial charge < -0.3 is 9.88 Å². The van der Waals surface area contributed by atoms with Crippen molar-refractivity contribution in [1.82, 2.24) is 19.8 Å². The first-order valence-corrected chi connectivity index (χ1v) is 15.8. The number of H-pyrrole nitrogens is 1. The van der Waals surface area contributed by atoms with Crippen LogP contribution in [-0.2, 0) is 11.3 Å². The van der Waals surface area contributed by atoms with Gasteiger partial charge in [-0.2, -0.15) is 0 Å². The van der Waals surface area contributed by atoms with E-state index in [0.29, 0.717) is 6.42 Å². The van der Waals surface area contributed by atoms with Crippen LogP contribution in [0.5, 0.6) is 0 Å². The van der Waals surface area contributed by atoms with Gasteiger partial charge in [-0.3, -0.25) is 14.7 Å². The van der Waals surface area contributed by atoms with Gasteiger partial charge in [-0.15, -0.1) is 0 Å². The molecule has 0 unspecified atom stereocenters. The maximum atomic E-state index is 12.7. The number of fused-ring (bicyclic) bond motifs is 4. The molecule has 1 aliphatic rings. The predicted molar refractivity (Wildman–Crippen MR) is 180 cm³/mol. The van der Waals surface area contributed by atoms with Gasteiger partial charge in [0.2, 0.25) is 5.91 Å². The maximum absolute atomic E-state index is 12.7. The molecule has 6 heteroatoms. The highest BCUT2D eigenvalue weighted by atomic mass is 16.2. The fourth-order valence-corrected chi connectivity index (χ4v) is 6.72. The maximum Gasteiger partial charge on any atom is 0.223 e. The van der Waals surface area contributed by atoms with Crippen molar-refractivity contribution in [2.24, 2.45) is 4.99 Å². The molecular formula is C37H43N5O. The Bertz CT molecular complexity index is 1830. The molecule has 0 aliphatic carbocycles. The van der Waals surface area contributed by atoms with Crippen molar-refractivity contribution in [3.63, 3.8) is 0 Å². The first kappa shape index (κ1) is 29.1. The monoisotopic (exact) mass is 573 g/mol. The SMILES string of the molecule is CCCC(=O)N1CCC[C@H]1C(C)=Nc1ccc2cc(-c3ccc4c(ccc5[nH]c(CN(C)CCC)nc54)c3)ccc2c1C. The van der Waals surface area contributed by atoms with Gasteiger partial charge in [0.1, 0.15) is 5.82 Å². The van der Waals surface area contributed by atoms with Crippen LogP contribution in [-0.4, -0.2) is 57.6 Å². The van der Waals surface area contributed by atoms with Crippen molar-refractivity contribution in [1.29, 1.82) is 0 Å². The van der Waals surface area contributed by atoms with E-state index < -0.39 is 0 Å². The number of nitrogens with one attached hydrogen (secondary N) is 1. The first-order chi connectivity index (χ1) is 20.9. The minimum atomic E-state index is 0.112. The molecule has 0 bridgehead atoms. The van der Waals surface area contributed by atoms with Crippen molar-refractivity contribution in [3.8, 4) is 11.1 Å². The smallest absolute Gasteiger partial charge is 0.223 e. The standard InChI is InChI=1S/C37H43N5O/c1-6-9-36(43)42-20-8-10-34(42)25(4)38-32-17-13-28-21-26(11-15-30(28)24(32)3)27-12-16-31-29(22-27)14-18-33-37(31)40-35(39-33)23-41(5)19-7-2/h11-18,21-22,34H,6-10,19-20,23H2,1-5H3,(H,39,40)/t34-/m0/s1. The van der Waals surface area contributed by atoms with Gasteiger partial charge in [0.15, 0.2) is 0 Å². The van der Waals surface area contributed by atoms with Crippen LogP contribution in [0.25, 0.3) is 43.7 Å². The van der Waals surface area contributed by atoms with Crippen LogP contribution in [0.1, 0.15) is 64.3 Å². The minimum Gasteiger partial charge on any atom is -0.341 e. The molecule has 0 radical (unpaired) electrons. The number of amides is 1. The molecule has 5 aromatic rings. The molecule has 6 rings (SSSR count). The summed E-state index contributed by atoms with van der Waals surface area (Å²) in [7, 11) is 2.14. The number of aromatic nitrogens is 2. The minimum absolute atomic E-state index is 0.112. The Morgan fingerprint density at radius 2 is 1.72 bits per heavy atom. The van der Waals surface area contributed by atoms with Crippen LogP contribution in [0.4, 0.5) is 5.69 Å². The molecule has 6 nitrogen and oxygen atoms in total. The summed E-state index contributed by atoms with van der Waals surface area (Å²) in [6.45, 7) is 11.2. The number of imidazole rings is 1. The second kappa shape index (κ2) is 12.3. The van der Waals surface area contributed by atoms with Crippen LogP contribution < -0.4 is 0 Å². The van der Waals surface area contributed by atoms with Crippen LogP contribution in [0.15, 0.2) is 65.7 Å². The third-order valence-corrected chi connectivity index (χ3v) is 8.95. The number of aliphatic imine (C=N–C) groups is 1. The van der Waals surface area contributed by atoms with Gasteiger partial charge in [0, 0.05) is 24.1 Å². The molecule has 1 fully saturated rings. The van der Waals surface area contributed by atoms with Gasteiger partial charge in [-0.1, -0.05) is 50.2 Å². The summed E-state index contributed by atoms with van der Waals surface area (Å²) in [5.74, 6) is 1.27. The Morgan fingerprint density at radius 1 is 1.00 bits per heavy atom. The second-order valence-corrected chi connectivity index (χ2v) is 12.2. The second-order valence-electron chi connectivity index (χ2n) is 12.2. The number of carbonyl (C=O) groups is 1. The van der Waals surface area contributed by atoms with Crippen LogP contribution in [0.3, 0.4) is 0 Å². The van der Waals surface area contributed by atoms with E-state index in [9.17, 15) is 4.79 Å². The average molecular weight is 574 g/mol. The number of aromatic amines is 1. The number of carbonyl (C=O) groups excluding carboxylic acids is 1. The van der Waals surface area contributed by atoms with Crippen molar-refractivity contribution >= 4 is 49.9 Å². The lowest BCUT2D eigenvalue weighted by atomic mass is 9.96. The molecule has 1 aromatic heterocycles. The summed E-state index contributed by atoms with van der Waals surface area (Å²) < 4.78 is 0. The van der Waals surface area contributed by atoms with E-state index in [-0.39, 0.29) is 11.9 Å². The summed E-state index contributed by atoms with van der Waals surface area (Å²) in [4.78, 5) is 30.5. The van der Waals surface area contributed by atoms with Gasteiger partial charge in [0.05, 0.1) is 29.3 Å². The third kappa shape index (κ3) is 5.81. The summed E-state index contributed by atoms with van der Waals surface area (Å²) in [5.41, 5.74) is 7.71. The lowest BCUT2D eigenvalue weighted by Gasteiger charge is -2.25. The topological polar surface area (TPSA) is 64.6 Å². The van der Waals surface area contributed by atoms with E-state index in [1.165, 1.54) is 38.2 Å². The van der Waals surface area contributed by atoms with Gasteiger partial charge in [-0.25, -0.2) is 4.98 Å². The molecule has 43 heavy (non-hydrogen) atoms. The quantitative estimate of drug-likeness (QED) is 0.180. The Balaban J connectivity index is 1.27. The van der Waals surface area contributed by atoms with E-state index in [0.717, 1.165) is 73.6 Å². The molecule has 1 atom stereocenters. The summed E-state index contributed by atoms with van der Waals surface area (Å²) >= 11 is 0. The number of hydrogen-bond donors (Lipinski definition) is 1. The Hall–Kier alpha value is -4.03. The zero-order chi connectivity index (χ0) is 30.1. The lowest BCUT2D eigenvalue weighted by Crippen LogP contribution is -2.39. The van der Waals surface area contributed by atoms with E-state index in [1.54, 1.807) is 0 Å². The largest absolute Gasteiger partial charge is 0.341 e. The molecule has 1 amide bonds. The van der Waals surface area contributed by atoms with Crippen LogP contribution in [0.2, 0.25) is 0 Å². The zero-order valence-electron chi connectivity index (χ0n) is 26.2. The molecule has 0 spiro atoms. The van der Waals surface area contributed by atoms with Crippen molar-refractivity contribution in [3.05, 3.63) is 72.1 Å². The number of rotatable bonds is 9. The van der Waals surface area contributed by atoms with E-state index >= 15 is 0 Å². The lowest BCUT2D eigenvalue weighted by molar-refractivity contribution is -0.131. The van der Waals surface area contributed by atoms with Crippen LogP contribution >= 0.6 is 0 Å². The van der Waals surface area contributed by atoms with Gasteiger partial charge in [-0.05, 0) is 110 Å². The fraction of sp³-hybridized carbons (Fsp3) is 0.378. The molecule has 1 N–H and O–H groups in total. The molecule has 222 valence electrons. The Kier molecular flexibility index (Phi) is 8.31. The number of likely N-dealkylation sites (tertiary alicyclic amines) is 1. The molecule has 1 aliphatic heterocycles. The summed E-state index contributed by atoms with van der Waals surface area (Å²) in [6, 6.07) is 22.2. The Morgan fingerprint density at radius 3 is 2.47 bits per heavy atom. The number of benzene rings is 4. The van der Waals surface area contributed by atoms with Gasteiger partial charge in [0.25, 0.3) is 0 Å². The number of aryl methyl sites for hydroxylation is 1. The highest BCUT2D eigenvalue weighted by Gasteiger charge is 2.30. The Labute approximate surface area is 254 Å². The predicted octanol–water partition coefficient (Wildman–Crippen LogP) is 8.57. The average Bonchev–Trinajstić information content (AvgIpc) is 3.66. The van der Waals surface area contributed by atoms with Gasteiger partial charge >= 0.3 is 0 Å². The normalized spacial score (nSPS) is 15.9. The van der Waals surface area contributed by atoms with Crippen molar-refractivity contribution in [2.45, 2.75) is 72.4 Å². The third-order valence-electron chi connectivity index (χ3n) is 8.95. The number of hydrogen-bond acceptors (Lipinski definition) is 4. The molecule has 4 aromatic carbocycles. The molecule has 2 heterocycles. The summed E-state index contributed by atoms with van der Waals surface area (Å²) in [5, 5.41) is 4.78. The van der Waals surface area contributed by atoms with Crippen molar-refractivity contribution < 1.29 is 4.79 Å². The van der Waals surface area contributed by atoms with E-state index in [1.807, 2.05) is 4.90 Å².